The first-order valence-corrected chi connectivity index (χ1v) is 6.60. The Bertz CT molecular complexity index is 384. The van der Waals surface area contributed by atoms with Crippen molar-refractivity contribution in [3.63, 3.8) is 0 Å². The Hall–Kier alpha value is -0.580. The second-order valence-corrected chi connectivity index (χ2v) is 5.25. The van der Waals surface area contributed by atoms with Gasteiger partial charge in [0, 0.05) is 36.8 Å². The average Bonchev–Trinajstić information content (AvgIpc) is 2.79. The molecule has 94 valence electrons. The molecule has 0 saturated carbocycles. The average molecular weight is 300 g/mol. The molecule has 1 aromatic rings. The van der Waals surface area contributed by atoms with E-state index in [2.05, 4.69) is 33.0 Å². The third kappa shape index (κ3) is 3.21. The fourth-order valence-electron chi connectivity index (χ4n) is 2.22. The van der Waals surface area contributed by atoms with Gasteiger partial charge in [0.25, 0.3) is 0 Å². The summed E-state index contributed by atoms with van der Waals surface area (Å²) in [7, 11) is 3.50. The van der Waals surface area contributed by atoms with Gasteiger partial charge in [-0.3, -0.25) is 4.90 Å². The highest BCUT2D eigenvalue weighted by atomic mass is 79.9. The Labute approximate surface area is 111 Å². The molecule has 0 bridgehead atoms. The van der Waals surface area contributed by atoms with Crippen LogP contribution in [0.4, 0.5) is 0 Å². The highest BCUT2D eigenvalue weighted by molar-refractivity contribution is 9.10. The molecule has 1 heterocycles. The maximum atomic E-state index is 5.40. The molecular weight excluding hydrogens is 282 g/mol. The van der Waals surface area contributed by atoms with Crippen molar-refractivity contribution in [2.45, 2.75) is 19.1 Å². The summed E-state index contributed by atoms with van der Waals surface area (Å²) < 4.78 is 11.8. The lowest BCUT2D eigenvalue weighted by atomic mass is 10.2. The Morgan fingerprint density at radius 3 is 2.88 bits per heavy atom. The normalized spacial score (nSPS) is 20.8. The zero-order chi connectivity index (χ0) is 12.3. The molecule has 1 atom stereocenters. The molecule has 2 rings (SSSR count). The predicted molar refractivity (Wildman–Crippen MR) is 71.4 cm³/mol. The second-order valence-electron chi connectivity index (χ2n) is 4.34. The van der Waals surface area contributed by atoms with Crippen molar-refractivity contribution in [1.29, 1.82) is 0 Å². The zero-order valence-corrected chi connectivity index (χ0v) is 11.9. The zero-order valence-electron chi connectivity index (χ0n) is 10.3. The summed E-state index contributed by atoms with van der Waals surface area (Å²) in [6.45, 7) is 3.03. The van der Waals surface area contributed by atoms with Gasteiger partial charge in [0.1, 0.15) is 5.75 Å². The van der Waals surface area contributed by atoms with Crippen LogP contribution < -0.4 is 4.74 Å². The number of nitrogens with zero attached hydrogens (tertiary/aromatic N) is 1. The molecule has 4 heteroatoms. The van der Waals surface area contributed by atoms with Crippen LogP contribution >= 0.6 is 15.9 Å². The minimum Gasteiger partial charge on any atom is -0.496 e. The number of rotatable bonds is 4. The molecule has 1 aliphatic heterocycles. The molecule has 1 aliphatic rings. The third-order valence-corrected chi connectivity index (χ3v) is 3.70. The maximum absolute atomic E-state index is 5.40. The molecule has 17 heavy (non-hydrogen) atoms. The monoisotopic (exact) mass is 299 g/mol. The lowest BCUT2D eigenvalue weighted by Crippen LogP contribution is -2.22. The topological polar surface area (TPSA) is 21.7 Å². The first-order chi connectivity index (χ1) is 8.22. The van der Waals surface area contributed by atoms with Crippen LogP contribution in [0.25, 0.3) is 0 Å². The van der Waals surface area contributed by atoms with E-state index in [0.717, 1.165) is 36.3 Å². The Morgan fingerprint density at radius 1 is 1.41 bits per heavy atom. The Balaban J connectivity index is 2.03. The Kier molecular flexibility index (Phi) is 4.42. The molecular formula is C13H18BrNO2. The first kappa shape index (κ1) is 12.9. The molecule has 0 spiro atoms. The van der Waals surface area contributed by atoms with Crippen molar-refractivity contribution in [1.82, 2.24) is 4.90 Å². The van der Waals surface area contributed by atoms with E-state index < -0.39 is 0 Å². The molecule has 0 aliphatic carbocycles. The van der Waals surface area contributed by atoms with Crippen molar-refractivity contribution in [2.75, 3.05) is 27.3 Å². The third-order valence-electron chi connectivity index (χ3n) is 3.21. The number of methoxy groups -OCH3 is 2. The van der Waals surface area contributed by atoms with E-state index in [9.17, 15) is 0 Å². The lowest BCUT2D eigenvalue weighted by molar-refractivity contribution is 0.107. The summed E-state index contributed by atoms with van der Waals surface area (Å²) in [4.78, 5) is 2.40. The molecule has 0 radical (unpaired) electrons. The van der Waals surface area contributed by atoms with Crippen LogP contribution in [0.15, 0.2) is 22.7 Å². The second kappa shape index (κ2) is 5.85. The number of likely N-dealkylation sites (tertiary alicyclic amines) is 1. The van der Waals surface area contributed by atoms with Gasteiger partial charge >= 0.3 is 0 Å². The number of benzene rings is 1. The van der Waals surface area contributed by atoms with Gasteiger partial charge in [0.2, 0.25) is 0 Å². The largest absolute Gasteiger partial charge is 0.496 e. The SMILES string of the molecule is COc1cc(Br)ccc1CN1CC[C@H](OC)C1. The van der Waals surface area contributed by atoms with Crippen molar-refractivity contribution < 1.29 is 9.47 Å². The summed E-state index contributed by atoms with van der Waals surface area (Å²) in [5.74, 6) is 0.945. The van der Waals surface area contributed by atoms with Crippen molar-refractivity contribution in [3.05, 3.63) is 28.2 Å². The van der Waals surface area contributed by atoms with Gasteiger partial charge in [0.05, 0.1) is 13.2 Å². The van der Waals surface area contributed by atoms with Crippen LogP contribution in [0.2, 0.25) is 0 Å². The quantitative estimate of drug-likeness (QED) is 0.853. The van der Waals surface area contributed by atoms with Crippen LogP contribution in [0.5, 0.6) is 5.75 Å². The van der Waals surface area contributed by atoms with Gasteiger partial charge in [-0.2, -0.15) is 0 Å². The van der Waals surface area contributed by atoms with Crippen molar-refractivity contribution in [3.8, 4) is 5.75 Å². The van der Waals surface area contributed by atoms with Crippen molar-refractivity contribution >= 4 is 15.9 Å². The number of halogens is 1. The summed E-state index contributed by atoms with van der Waals surface area (Å²) in [5, 5.41) is 0. The number of hydrogen-bond donors (Lipinski definition) is 0. The molecule has 1 saturated heterocycles. The predicted octanol–water partition coefficient (Wildman–Crippen LogP) is 2.68. The van der Waals surface area contributed by atoms with E-state index in [0.29, 0.717) is 6.10 Å². The van der Waals surface area contributed by atoms with E-state index in [1.54, 1.807) is 14.2 Å². The highest BCUT2D eigenvalue weighted by Gasteiger charge is 2.22. The fraction of sp³-hybridized carbons (Fsp3) is 0.538. The van der Waals surface area contributed by atoms with E-state index in [4.69, 9.17) is 9.47 Å². The van der Waals surface area contributed by atoms with E-state index >= 15 is 0 Å². The summed E-state index contributed by atoms with van der Waals surface area (Å²) in [6.07, 6.45) is 1.51. The molecule has 0 unspecified atom stereocenters. The van der Waals surface area contributed by atoms with Gasteiger partial charge in [-0.25, -0.2) is 0 Å². The first-order valence-electron chi connectivity index (χ1n) is 5.80. The lowest BCUT2D eigenvalue weighted by Gasteiger charge is -2.17. The molecule has 1 aromatic carbocycles. The maximum Gasteiger partial charge on any atom is 0.124 e. The summed E-state index contributed by atoms with van der Waals surface area (Å²) in [5.41, 5.74) is 1.23. The van der Waals surface area contributed by atoms with E-state index in [1.807, 2.05) is 6.07 Å². The van der Waals surface area contributed by atoms with Gasteiger partial charge in [-0.1, -0.05) is 22.0 Å². The van der Waals surface area contributed by atoms with Crippen LogP contribution in [0, 0.1) is 0 Å². The number of ether oxygens (including phenoxy) is 2. The molecule has 0 aromatic heterocycles. The Morgan fingerprint density at radius 2 is 2.24 bits per heavy atom. The molecule has 3 nitrogen and oxygen atoms in total. The molecule has 0 N–H and O–H groups in total. The van der Waals surface area contributed by atoms with Crippen LogP contribution in [-0.4, -0.2) is 38.3 Å². The smallest absolute Gasteiger partial charge is 0.124 e. The molecule has 0 amide bonds. The van der Waals surface area contributed by atoms with E-state index in [1.165, 1.54) is 5.56 Å². The number of hydrogen-bond acceptors (Lipinski definition) is 3. The van der Waals surface area contributed by atoms with Gasteiger partial charge in [0.15, 0.2) is 0 Å². The van der Waals surface area contributed by atoms with Crippen LogP contribution in [0.3, 0.4) is 0 Å². The van der Waals surface area contributed by atoms with Crippen LogP contribution in [0.1, 0.15) is 12.0 Å². The van der Waals surface area contributed by atoms with Crippen LogP contribution in [-0.2, 0) is 11.3 Å². The minimum atomic E-state index is 0.386. The van der Waals surface area contributed by atoms with Crippen molar-refractivity contribution in [2.24, 2.45) is 0 Å². The standard InChI is InChI=1S/C13H18BrNO2/c1-16-12-5-6-15(9-12)8-10-3-4-11(14)7-13(10)17-2/h3-4,7,12H,5-6,8-9H2,1-2H3/t12-/m0/s1. The summed E-state index contributed by atoms with van der Waals surface area (Å²) >= 11 is 3.46. The molecule has 1 fully saturated rings. The van der Waals surface area contributed by atoms with E-state index in [-0.39, 0.29) is 0 Å². The van der Waals surface area contributed by atoms with Gasteiger partial charge < -0.3 is 9.47 Å². The fourth-order valence-corrected chi connectivity index (χ4v) is 2.56. The minimum absolute atomic E-state index is 0.386. The summed E-state index contributed by atoms with van der Waals surface area (Å²) in [6, 6.07) is 6.18. The highest BCUT2D eigenvalue weighted by Crippen LogP contribution is 2.26. The van der Waals surface area contributed by atoms with Gasteiger partial charge in [-0.05, 0) is 18.6 Å². The van der Waals surface area contributed by atoms with Gasteiger partial charge in [-0.15, -0.1) is 0 Å².